The van der Waals surface area contributed by atoms with Gasteiger partial charge in [0, 0.05) is 5.69 Å². The summed E-state index contributed by atoms with van der Waals surface area (Å²) in [4.78, 5) is 23.1. The molecule has 2 rings (SSSR count). The largest absolute Gasteiger partial charge is 0.481 e. The molecular formula is C13H12Cl2FNO3. The molecule has 1 saturated carbocycles. The minimum atomic E-state index is -1.01. The lowest BCUT2D eigenvalue weighted by atomic mass is 10.1. The lowest BCUT2D eigenvalue weighted by molar-refractivity contribution is -0.140. The molecule has 0 radical (unpaired) electrons. The van der Waals surface area contributed by atoms with Gasteiger partial charge in [0.1, 0.15) is 0 Å². The van der Waals surface area contributed by atoms with Gasteiger partial charge in [-0.2, -0.15) is 0 Å². The Morgan fingerprint density at radius 2 is 1.75 bits per heavy atom. The summed E-state index contributed by atoms with van der Waals surface area (Å²) in [7, 11) is 0. The van der Waals surface area contributed by atoms with Crippen LogP contribution in [0, 0.1) is 23.1 Å². The first-order chi connectivity index (χ1) is 9.16. The van der Waals surface area contributed by atoms with Crippen LogP contribution in [0.25, 0.3) is 0 Å². The highest BCUT2D eigenvalue weighted by molar-refractivity contribution is 6.35. The standard InChI is InChI=1S/C13H12Cl2FNO3/c1-13(2)8(9(13)12(19)20)11(18)17-5-3-6(14)10(16)7(15)4-5/h3-4,8-9H,1-2H3,(H,17,18)(H,19,20). The number of aliphatic carboxylic acids is 1. The molecule has 2 unspecified atom stereocenters. The van der Waals surface area contributed by atoms with Crippen LogP contribution in [0.15, 0.2) is 12.1 Å². The minimum Gasteiger partial charge on any atom is -0.481 e. The second kappa shape index (κ2) is 4.90. The zero-order valence-electron chi connectivity index (χ0n) is 10.7. The van der Waals surface area contributed by atoms with Crippen LogP contribution in [0.4, 0.5) is 10.1 Å². The van der Waals surface area contributed by atoms with Crippen molar-refractivity contribution in [1.82, 2.24) is 0 Å². The summed E-state index contributed by atoms with van der Waals surface area (Å²) in [5.74, 6) is -3.58. The number of rotatable bonds is 3. The average Bonchev–Trinajstić information content (AvgIpc) is 2.89. The van der Waals surface area contributed by atoms with Crippen molar-refractivity contribution in [3.05, 3.63) is 28.0 Å². The van der Waals surface area contributed by atoms with Crippen molar-refractivity contribution >= 4 is 40.8 Å². The Bertz CT molecular complexity index is 580. The predicted molar refractivity (Wildman–Crippen MR) is 73.4 cm³/mol. The maximum Gasteiger partial charge on any atom is 0.307 e. The van der Waals surface area contributed by atoms with E-state index in [9.17, 15) is 14.0 Å². The van der Waals surface area contributed by atoms with E-state index in [1.165, 1.54) is 12.1 Å². The highest BCUT2D eigenvalue weighted by Crippen LogP contribution is 2.58. The first-order valence-corrected chi connectivity index (χ1v) is 6.60. The lowest BCUT2D eigenvalue weighted by Gasteiger charge is -2.08. The lowest BCUT2D eigenvalue weighted by Crippen LogP contribution is -2.17. The molecule has 0 aliphatic heterocycles. The van der Waals surface area contributed by atoms with E-state index in [4.69, 9.17) is 28.3 Å². The summed E-state index contributed by atoms with van der Waals surface area (Å²) in [5, 5.41) is 11.1. The van der Waals surface area contributed by atoms with Crippen LogP contribution in [0.1, 0.15) is 13.8 Å². The number of nitrogens with one attached hydrogen (secondary N) is 1. The van der Waals surface area contributed by atoms with Crippen molar-refractivity contribution in [2.45, 2.75) is 13.8 Å². The molecular weight excluding hydrogens is 308 g/mol. The van der Waals surface area contributed by atoms with Crippen LogP contribution in [-0.2, 0) is 9.59 Å². The van der Waals surface area contributed by atoms with Crippen LogP contribution in [0.2, 0.25) is 10.0 Å². The number of anilines is 1. The number of carbonyl (C=O) groups is 2. The summed E-state index contributed by atoms with van der Waals surface area (Å²) in [6.45, 7) is 3.42. The molecule has 1 aliphatic carbocycles. The Morgan fingerprint density at radius 1 is 1.25 bits per heavy atom. The summed E-state index contributed by atoms with van der Waals surface area (Å²) in [5.41, 5.74) is -0.373. The highest BCUT2D eigenvalue weighted by Gasteiger charge is 2.65. The van der Waals surface area contributed by atoms with Gasteiger partial charge in [0.25, 0.3) is 0 Å². The molecule has 4 nitrogen and oxygen atoms in total. The van der Waals surface area contributed by atoms with E-state index < -0.39 is 34.9 Å². The van der Waals surface area contributed by atoms with Crippen LogP contribution in [0.3, 0.4) is 0 Å². The van der Waals surface area contributed by atoms with Crippen molar-refractivity contribution in [1.29, 1.82) is 0 Å². The van der Waals surface area contributed by atoms with E-state index >= 15 is 0 Å². The van der Waals surface area contributed by atoms with Crippen molar-refractivity contribution in [2.24, 2.45) is 17.3 Å². The van der Waals surface area contributed by atoms with Crippen molar-refractivity contribution in [3.8, 4) is 0 Å². The summed E-state index contributed by atoms with van der Waals surface area (Å²) < 4.78 is 13.3. The molecule has 1 aromatic rings. The molecule has 1 aromatic carbocycles. The third kappa shape index (κ3) is 2.47. The van der Waals surface area contributed by atoms with Gasteiger partial charge in [0.2, 0.25) is 5.91 Å². The highest BCUT2D eigenvalue weighted by atomic mass is 35.5. The monoisotopic (exact) mass is 319 g/mol. The quantitative estimate of drug-likeness (QED) is 0.839. The number of amides is 1. The number of hydrogen-bond acceptors (Lipinski definition) is 2. The van der Waals surface area contributed by atoms with Gasteiger partial charge in [0.05, 0.1) is 21.9 Å². The minimum absolute atomic E-state index is 0.211. The molecule has 0 heterocycles. The van der Waals surface area contributed by atoms with E-state index in [-0.39, 0.29) is 15.7 Å². The molecule has 2 N–H and O–H groups in total. The van der Waals surface area contributed by atoms with Crippen molar-refractivity contribution < 1.29 is 19.1 Å². The van der Waals surface area contributed by atoms with Gasteiger partial charge in [-0.3, -0.25) is 9.59 Å². The zero-order chi connectivity index (χ0) is 15.2. The molecule has 108 valence electrons. The molecule has 7 heteroatoms. The Balaban J connectivity index is 2.16. The van der Waals surface area contributed by atoms with E-state index in [1.807, 2.05) is 0 Å². The second-order valence-corrected chi connectivity index (χ2v) is 6.17. The van der Waals surface area contributed by atoms with Gasteiger partial charge >= 0.3 is 5.97 Å². The first kappa shape index (κ1) is 15.1. The van der Waals surface area contributed by atoms with Gasteiger partial charge in [-0.05, 0) is 17.5 Å². The molecule has 0 saturated heterocycles. The Kier molecular flexibility index (Phi) is 3.69. The molecule has 0 bridgehead atoms. The van der Waals surface area contributed by atoms with E-state index in [1.54, 1.807) is 13.8 Å². The van der Waals surface area contributed by atoms with Crippen LogP contribution >= 0.6 is 23.2 Å². The molecule has 0 spiro atoms. The molecule has 1 amide bonds. The molecule has 20 heavy (non-hydrogen) atoms. The fourth-order valence-corrected chi connectivity index (χ4v) is 2.92. The summed E-state index contributed by atoms with van der Waals surface area (Å²) >= 11 is 11.3. The van der Waals surface area contributed by atoms with Crippen LogP contribution in [-0.4, -0.2) is 17.0 Å². The smallest absolute Gasteiger partial charge is 0.307 e. The number of benzene rings is 1. The van der Waals surface area contributed by atoms with Gasteiger partial charge in [0.15, 0.2) is 5.82 Å². The van der Waals surface area contributed by atoms with E-state index in [0.717, 1.165) is 0 Å². The average molecular weight is 320 g/mol. The summed E-state index contributed by atoms with van der Waals surface area (Å²) in [6.07, 6.45) is 0. The number of carboxylic acid groups (broad SMARTS) is 1. The molecule has 2 atom stereocenters. The predicted octanol–water partition coefficient (Wildman–Crippen LogP) is 3.43. The topological polar surface area (TPSA) is 66.4 Å². The molecule has 1 fully saturated rings. The summed E-state index contributed by atoms with van der Waals surface area (Å²) in [6, 6.07) is 2.46. The van der Waals surface area contributed by atoms with E-state index in [2.05, 4.69) is 5.32 Å². The van der Waals surface area contributed by atoms with Crippen molar-refractivity contribution in [2.75, 3.05) is 5.32 Å². The van der Waals surface area contributed by atoms with Gasteiger partial charge < -0.3 is 10.4 Å². The van der Waals surface area contributed by atoms with Gasteiger partial charge in [-0.1, -0.05) is 37.0 Å². The molecule has 1 aliphatic rings. The number of carboxylic acids is 1. The Labute approximate surface area is 124 Å². The Morgan fingerprint density at radius 3 is 2.15 bits per heavy atom. The van der Waals surface area contributed by atoms with Crippen molar-refractivity contribution in [3.63, 3.8) is 0 Å². The number of carbonyl (C=O) groups excluding carboxylic acids is 1. The fraction of sp³-hybridized carbons (Fsp3) is 0.385. The maximum atomic E-state index is 13.3. The molecule has 0 aromatic heterocycles. The maximum absolute atomic E-state index is 13.3. The Hall–Kier alpha value is -1.33. The fourth-order valence-electron chi connectivity index (χ4n) is 2.44. The van der Waals surface area contributed by atoms with Gasteiger partial charge in [-0.15, -0.1) is 0 Å². The SMILES string of the molecule is CC1(C)C(C(=O)O)C1C(=O)Nc1cc(Cl)c(F)c(Cl)c1. The third-order valence-electron chi connectivity index (χ3n) is 3.63. The zero-order valence-corrected chi connectivity index (χ0v) is 12.2. The van der Waals surface area contributed by atoms with E-state index in [0.29, 0.717) is 0 Å². The number of hydrogen-bond donors (Lipinski definition) is 2. The first-order valence-electron chi connectivity index (χ1n) is 5.84. The van der Waals surface area contributed by atoms with Crippen LogP contribution < -0.4 is 5.32 Å². The third-order valence-corrected chi connectivity index (χ3v) is 4.18. The normalized spacial score (nSPS) is 23.2. The second-order valence-electron chi connectivity index (χ2n) is 5.36. The number of halogens is 3. The van der Waals surface area contributed by atoms with Crippen LogP contribution in [0.5, 0.6) is 0 Å². The van der Waals surface area contributed by atoms with Gasteiger partial charge in [-0.25, -0.2) is 4.39 Å².